The van der Waals surface area contributed by atoms with Crippen molar-refractivity contribution in [1.29, 1.82) is 0 Å². The second-order valence-electron chi connectivity index (χ2n) is 4.62. The molecular formula is C12H18N2O. The van der Waals surface area contributed by atoms with Crippen molar-refractivity contribution in [3.05, 3.63) is 27.4 Å². The van der Waals surface area contributed by atoms with Gasteiger partial charge in [0.2, 0.25) is 0 Å². The number of aromatic nitrogens is 2. The van der Waals surface area contributed by atoms with Crippen LogP contribution in [0, 0.1) is 0 Å². The minimum atomic E-state index is 0.0886. The van der Waals surface area contributed by atoms with E-state index >= 15 is 0 Å². The molecule has 82 valence electrons. The zero-order valence-corrected chi connectivity index (χ0v) is 9.71. The average Bonchev–Trinajstić information content (AvgIpc) is 2.23. The van der Waals surface area contributed by atoms with E-state index in [0.717, 1.165) is 29.9 Å². The van der Waals surface area contributed by atoms with E-state index in [2.05, 4.69) is 4.98 Å². The molecule has 0 bridgehead atoms. The van der Waals surface area contributed by atoms with Gasteiger partial charge in [0.05, 0.1) is 5.69 Å². The number of fused-ring (bicyclic) bond motifs is 1. The lowest BCUT2D eigenvalue weighted by molar-refractivity contribution is 0.587. The molecule has 1 aliphatic rings. The Hall–Kier alpha value is -1.12. The maximum atomic E-state index is 12.0. The van der Waals surface area contributed by atoms with Crippen molar-refractivity contribution in [3.63, 3.8) is 0 Å². The van der Waals surface area contributed by atoms with E-state index in [9.17, 15) is 4.79 Å². The van der Waals surface area contributed by atoms with E-state index < -0.39 is 0 Å². The van der Waals surface area contributed by atoms with Gasteiger partial charge in [-0.25, -0.2) is 0 Å². The lowest BCUT2D eigenvalue weighted by Gasteiger charge is -2.19. The quantitative estimate of drug-likeness (QED) is 0.702. The molecule has 1 aromatic heterocycles. The van der Waals surface area contributed by atoms with Gasteiger partial charge >= 0.3 is 0 Å². The van der Waals surface area contributed by atoms with Gasteiger partial charge in [0.15, 0.2) is 0 Å². The summed E-state index contributed by atoms with van der Waals surface area (Å²) in [5.74, 6) is 0.218. The van der Waals surface area contributed by atoms with Crippen LogP contribution in [-0.2, 0) is 19.9 Å². The van der Waals surface area contributed by atoms with Crippen molar-refractivity contribution in [2.75, 3.05) is 0 Å². The third-order valence-corrected chi connectivity index (χ3v) is 3.14. The first kappa shape index (κ1) is 10.4. The highest BCUT2D eigenvalue weighted by Gasteiger charge is 2.18. The molecule has 0 aromatic carbocycles. The van der Waals surface area contributed by atoms with E-state index in [4.69, 9.17) is 0 Å². The van der Waals surface area contributed by atoms with E-state index in [0.29, 0.717) is 0 Å². The molecule has 1 aliphatic carbocycles. The highest BCUT2D eigenvalue weighted by atomic mass is 16.1. The first-order valence-electron chi connectivity index (χ1n) is 5.70. The van der Waals surface area contributed by atoms with Crippen molar-refractivity contribution >= 4 is 0 Å². The SMILES string of the molecule is CC(C)c1nc2c(n(C)c1=O)CCCC2. The number of hydrogen-bond acceptors (Lipinski definition) is 2. The number of hydrogen-bond donors (Lipinski definition) is 0. The standard InChI is InChI=1S/C12H18N2O/c1-8(2)11-12(15)14(3)10-7-5-4-6-9(10)13-11/h8H,4-7H2,1-3H3. The largest absolute Gasteiger partial charge is 0.312 e. The summed E-state index contributed by atoms with van der Waals surface area (Å²) in [7, 11) is 1.88. The topological polar surface area (TPSA) is 34.9 Å². The molecule has 0 aliphatic heterocycles. The maximum Gasteiger partial charge on any atom is 0.272 e. The van der Waals surface area contributed by atoms with Crippen LogP contribution in [0.15, 0.2) is 4.79 Å². The van der Waals surface area contributed by atoms with Gasteiger partial charge in [-0.15, -0.1) is 0 Å². The van der Waals surface area contributed by atoms with Crippen molar-refractivity contribution in [2.45, 2.75) is 45.4 Å². The maximum absolute atomic E-state index is 12.0. The molecule has 3 nitrogen and oxygen atoms in total. The van der Waals surface area contributed by atoms with Crippen LogP contribution in [0.4, 0.5) is 0 Å². The second-order valence-corrected chi connectivity index (χ2v) is 4.62. The average molecular weight is 206 g/mol. The minimum absolute atomic E-state index is 0.0886. The third-order valence-electron chi connectivity index (χ3n) is 3.14. The minimum Gasteiger partial charge on any atom is -0.312 e. The Morgan fingerprint density at radius 3 is 2.60 bits per heavy atom. The summed E-state index contributed by atoms with van der Waals surface area (Å²) in [6.07, 6.45) is 4.42. The van der Waals surface area contributed by atoms with Gasteiger partial charge in [-0.2, -0.15) is 0 Å². The number of nitrogens with zero attached hydrogens (tertiary/aromatic N) is 2. The van der Waals surface area contributed by atoms with Crippen LogP contribution < -0.4 is 5.56 Å². The Kier molecular flexibility index (Phi) is 2.63. The lowest BCUT2D eigenvalue weighted by atomic mass is 9.99. The molecule has 0 saturated heterocycles. The molecule has 0 N–H and O–H groups in total. The van der Waals surface area contributed by atoms with Crippen LogP contribution in [-0.4, -0.2) is 9.55 Å². The van der Waals surface area contributed by atoms with Crippen LogP contribution in [0.1, 0.15) is 49.7 Å². The summed E-state index contributed by atoms with van der Waals surface area (Å²) in [6, 6.07) is 0. The Balaban J connectivity index is 2.63. The molecule has 3 heteroatoms. The molecule has 2 rings (SSSR count). The fourth-order valence-electron chi connectivity index (χ4n) is 2.22. The highest BCUT2D eigenvalue weighted by Crippen LogP contribution is 2.19. The van der Waals surface area contributed by atoms with Gasteiger partial charge in [-0.3, -0.25) is 9.78 Å². The summed E-state index contributed by atoms with van der Waals surface area (Å²) in [6.45, 7) is 4.05. The van der Waals surface area contributed by atoms with Gasteiger partial charge in [0.1, 0.15) is 5.69 Å². The van der Waals surface area contributed by atoms with E-state index in [1.54, 1.807) is 4.57 Å². The van der Waals surface area contributed by atoms with E-state index in [1.807, 2.05) is 20.9 Å². The Bertz CT molecular complexity index is 432. The highest BCUT2D eigenvalue weighted by molar-refractivity contribution is 5.20. The molecule has 0 unspecified atom stereocenters. The fraction of sp³-hybridized carbons (Fsp3) is 0.667. The molecule has 0 atom stereocenters. The van der Waals surface area contributed by atoms with Crippen molar-refractivity contribution in [2.24, 2.45) is 7.05 Å². The van der Waals surface area contributed by atoms with E-state index in [1.165, 1.54) is 12.8 Å². The predicted octanol–water partition coefficient (Wildman–Crippen LogP) is 1.78. The Morgan fingerprint density at radius 1 is 1.27 bits per heavy atom. The van der Waals surface area contributed by atoms with Crippen LogP contribution in [0.3, 0.4) is 0 Å². The Labute approximate surface area is 90.2 Å². The van der Waals surface area contributed by atoms with Gasteiger partial charge in [-0.1, -0.05) is 13.8 Å². The van der Waals surface area contributed by atoms with Crippen LogP contribution in [0.25, 0.3) is 0 Å². The van der Waals surface area contributed by atoms with Crippen LogP contribution >= 0.6 is 0 Å². The lowest BCUT2D eigenvalue weighted by Crippen LogP contribution is -2.30. The van der Waals surface area contributed by atoms with Crippen LogP contribution in [0.5, 0.6) is 0 Å². The summed E-state index contributed by atoms with van der Waals surface area (Å²) in [5.41, 5.74) is 3.10. The fourth-order valence-corrected chi connectivity index (χ4v) is 2.22. The number of aryl methyl sites for hydroxylation is 1. The van der Waals surface area contributed by atoms with E-state index in [-0.39, 0.29) is 11.5 Å². The summed E-state index contributed by atoms with van der Waals surface area (Å²) in [4.78, 5) is 16.5. The normalized spacial score (nSPS) is 15.5. The van der Waals surface area contributed by atoms with Gasteiger partial charge in [0.25, 0.3) is 5.56 Å². The molecule has 1 aromatic rings. The van der Waals surface area contributed by atoms with Gasteiger partial charge in [-0.05, 0) is 25.7 Å². The van der Waals surface area contributed by atoms with Crippen molar-refractivity contribution in [3.8, 4) is 0 Å². The molecule has 0 saturated carbocycles. The van der Waals surface area contributed by atoms with Gasteiger partial charge in [0, 0.05) is 18.7 Å². The molecule has 0 amide bonds. The molecular weight excluding hydrogens is 188 g/mol. The Morgan fingerprint density at radius 2 is 1.93 bits per heavy atom. The molecule has 0 fully saturated rings. The first-order chi connectivity index (χ1) is 7.11. The summed E-state index contributed by atoms with van der Waals surface area (Å²) < 4.78 is 1.80. The third kappa shape index (κ3) is 1.71. The zero-order chi connectivity index (χ0) is 11.0. The summed E-state index contributed by atoms with van der Waals surface area (Å²) in [5, 5.41) is 0. The second kappa shape index (κ2) is 3.80. The first-order valence-corrected chi connectivity index (χ1v) is 5.70. The van der Waals surface area contributed by atoms with Crippen LogP contribution in [0.2, 0.25) is 0 Å². The number of rotatable bonds is 1. The molecule has 0 radical (unpaired) electrons. The molecule has 1 heterocycles. The van der Waals surface area contributed by atoms with Crippen molar-refractivity contribution < 1.29 is 0 Å². The van der Waals surface area contributed by atoms with Gasteiger partial charge < -0.3 is 4.57 Å². The zero-order valence-electron chi connectivity index (χ0n) is 9.71. The predicted molar refractivity (Wildman–Crippen MR) is 60.2 cm³/mol. The molecule has 15 heavy (non-hydrogen) atoms. The smallest absolute Gasteiger partial charge is 0.272 e. The van der Waals surface area contributed by atoms with Crippen molar-refractivity contribution in [1.82, 2.24) is 9.55 Å². The molecule has 0 spiro atoms. The summed E-state index contributed by atoms with van der Waals surface area (Å²) >= 11 is 0. The monoisotopic (exact) mass is 206 g/mol.